The molecular weight excluding hydrogens is 268 g/mol. The molecule has 1 aromatic rings. The lowest BCUT2D eigenvalue weighted by Crippen LogP contribution is -2.17. The Morgan fingerprint density at radius 3 is 2.19 bits per heavy atom. The Hall–Kier alpha value is -1.88. The lowest BCUT2D eigenvalue weighted by atomic mass is 10.1. The molecular formula is C16H22N2O3. The monoisotopic (exact) mass is 290 g/mol. The third-order valence-corrected chi connectivity index (χ3v) is 4.10. The van der Waals surface area contributed by atoms with Gasteiger partial charge in [-0.25, -0.2) is 0 Å². The summed E-state index contributed by atoms with van der Waals surface area (Å²) < 4.78 is 0. The first-order valence-electron chi connectivity index (χ1n) is 7.01. The van der Waals surface area contributed by atoms with E-state index in [0.717, 1.165) is 12.1 Å². The van der Waals surface area contributed by atoms with Crippen molar-refractivity contribution in [2.75, 3.05) is 19.4 Å². The molecule has 2 atom stereocenters. The number of hydrogen-bond acceptors (Lipinski definition) is 3. The van der Waals surface area contributed by atoms with E-state index in [1.54, 1.807) is 0 Å². The van der Waals surface area contributed by atoms with Crippen LogP contribution in [0.15, 0.2) is 24.3 Å². The number of carbonyl (C=O) groups excluding carboxylic acids is 1. The highest BCUT2D eigenvalue weighted by molar-refractivity contribution is 5.99. The zero-order chi connectivity index (χ0) is 15.8. The predicted octanol–water partition coefficient (Wildman–Crippen LogP) is 2.04. The average molecular weight is 290 g/mol. The van der Waals surface area contributed by atoms with Crippen LogP contribution in [0, 0.1) is 17.3 Å². The van der Waals surface area contributed by atoms with Gasteiger partial charge < -0.3 is 15.3 Å². The van der Waals surface area contributed by atoms with Crippen LogP contribution in [-0.4, -0.2) is 36.0 Å². The van der Waals surface area contributed by atoms with E-state index >= 15 is 0 Å². The Morgan fingerprint density at radius 1 is 1.19 bits per heavy atom. The Kier molecular flexibility index (Phi) is 4.05. The van der Waals surface area contributed by atoms with Crippen LogP contribution in [0.25, 0.3) is 0 Å². The van der Waals surface area contributed by atoms with Gasteiger partial charge in [-0.1, -0.05) is 26.0 Å². The highest BCUT2D eigenvalue weighted by atomic mass is 16.4. The summed E-state index contributed by atoms with van der Waals surface area (Å²) in [5.74, 6) is -2.17. The first-order chi connectivity index (χ1) is 9.73. The molecule has 0 aliphatic heterocycles. The standard InChI is InChI=1S/C16H22N2O3/c1-16(2)12(13(16)15(20)21)14(19)17-11-7-5-10(6-8-11)9-18(3)4/h5-8,12-13H,9H2,1-4H3,(H,17,19)(H,20,21)/t12-,13+/m1/s1. The summed E-state index contributed by atoms with van der Waals surface area (Å²) in [4.78, 5) is 25.4. The second-order valence-corrected chi connectivity index (χ2v) is 6.54. The van der Waals surface area contributed by atoms with Crippen molar-refractivity contribution < 1.29 is 14.7 Å². The van der Waals surface area contributed by atoms with Crippen molar-refractivity contribution in [3.8, 4) is 0 Å². The van der Waals surface area contributed by atoms with E-state index < -0.39 is 23.2 Å². The van der Waals surface area contributed by atoms with Crippen LogP contribution in [0.5, 0.6) is 0 Å². The normalized spacial score (nSPS) is 22.9. The maximum atomic E-state index is 12.2. The Labute approximate surface area is 125 Å². The number of benzene rings is 1. The minimum absolute atomic E-state index is 0.215. The summed E-state index contributed by atoms with van der Waals surface area (Å²) in [5, 5.41) is 11.9. The number of amides is 1. The van der Waals surface area contributed by atoms with Gasteiger partial charge in [0, 0.05) is 12.2 Å². The van der Waals surface area contributed by atoms with Crippen LogP contribution in [-0.2, 0) is 16.1 Å². The summed E-state index contributed by atoms with van der Waals surface area (Å²) in [5.41, 5.74) is 1.39. The second-order valence-electron chi connectivity index (χ2n) is 6.54. The van der Waals surface area contributed by atoms with Gasteiger partial charge in [0.15, 0.2) is 0 Å². The zero-order valence-electron chi connectivity index (χ0n) is 12.9. The lowest BCUT2D eigenvalue weighted by Gasteiger charge is -2.11. The number of anilines is 1. The number of hydrogen-bond donors (Lipinski definition) is 2. The maximum Gasteiger partial charge on any atom is 0.307 e. The maximum absolute atomic E-state index is 12.2. The summed E-state index contributed by atoms with van der Waals surface area (Å²) in [6.07, 6.45) is 0. The van der Waals surface area contributed by atoms with Crippen LogP contribution < -0.4 is 5.32 Å². The quantitative estimate of drug-likeness (QED) is 0.870. The second kappa shape index (κ2) is 5.48. The molecule has 5 heteroatoms. The van der Waals surface area contributed by atoms with Gasteiger partial charge in [-0.05, 0) is 37.2 Å². The molecule has 1 aliphatic carbocycles. The van der Waals surface area contributed by atoms with Crippen LogP contribution >= 0.6 is 0 Å². The largest absolute Gasteiger partial charge is 0.481 e. The number of rotatable bonds is 5. The van der Waals surface area contributed by atoms with Crippen molar-refractivity contribution >= 4 is 17.6 Å². The van der Waals surface area contributed by atoms with Gasteiger partial charge in [-0.3, -0.25) is 9.59 Å². The number of carboxylic acid groups (broad SMARTS) is 1. The van der Waals surface area contributed by atoms with Crippen LogP contribution in [0.4, 0.5) is 5.69 Å². The fourth-order valence-electron chi connectivity index (χ4n) is 2.87. The number of carboxylic acids is 1. The molecule has 5 nitrogen and oxygen atoms in total. The molecule has 1 aromatic carbocycles. The van der Waals surface area contributed by atoms with E-state index in [9.17, 15) is 9.59 Å². The van der Waals surface area contributed by atoms with E-state index in [1.807, 2.05) is 52.2 Å². The highest BCUT2D eigenvalue weighted by Crippen LogP contribution is 2.58. The third-order valence-electron chi connectivity index (χ3n) is 4.10. The number of aliphatic carboxylic acids is 1. The van der Waals surface area contributed by atoms with Gasteiger partial charge in [0.2, 0.25) is 5.91 Å². The van der Waals surface area contributed by atoms with E-state index in [-0.39, 0.29) is 5.91 Å². The van der Waals surface area contributed by atoms with Crippen LogP contribution in [0.3, 0.4) is 0 Å². The van der Waals surface area contributed by atoms with Crippen molar-refractivity contribution in [1.29, 1.82) is 0 Å². The van der Waals surface area contributed by atoms with E-state index in [2.05, 4.69) is 10.2 Å². The van der Waals surface area contributed by atoms with Crippen LogP contribution in [0.1, 0.15) is 19.4 Å². The van der Waals surface area contributed by atoms with Gasteiger partial charge in [-0.15, -0.1) is 0 Å². The van der Waals surface area contributed by atoms with Gasteiger partial charge in [-0.2, -0.15) is 0 Å². The van der Waals surface area contributed by atoms with Crippen molar-refractivity contribution in [3.63, 3.8) is 0 Å². The van der Waals surface area contributed by atoms with Crippen molar-refractivity contribution in [2.24, 2.45) is 17.3 Å². The van der Waals surface area contributed by atoms with Crippen molar-refractivity contribution in [3.05, 3.63) is 29.8 Å². The molecule has 0 unspecified atom stereocenters. The fraction of sp³-hybridized carbons (Fsp3) is 0.500. The summed E-state index contributed by atoms with van der Waals surface area (Å²) in [7, 11) is 3.99. The molecule has 0 saturated heterocycles. The molecule has 1 fully saturated rings. The number of carbonyl (C=O) groups is 2. The minimum atomic E-state index is -0.901. The van der Waals surface area contributed by atoms with E-state index in [0.29, 0.717) is 5.69 Å². The molecule has 1 saturated carbocycles. The highest BCUT2D eigenvalue weighted by Gasteiger charge is 2.65. The molecule has 0 bridgehead atoms. The molecule has 1 aliphatic rings. The zero-order valence-corrected chi connectivity index (χ0v) is 12.9. The molecule has 21 heavy (non-hydrogen) atoms. The molecule has 0 radical (unpaired) electrons. The first-order valence-corrected chi connectivity index (χ1v) is 7.01. The van der Waals surface area contributed by atoms with Gasteiger partial charge >= 0.3 is 5.97 Å². The SMILES string of the molecule is CN(C)Cc1ccc(NC(=O)[C@H]2[C@@H](C(=O)O)C2(C)C)cc1. The summed E-state index contributed by atoms with van der Waals surface area (Å²) >= 11 is 0. The smallest absolute Gasteiger partial charge is 0.307 e. The summed E-state index contributed by atoms with van der Waals surface area (Å²) in [6, 6.07) is 7.62. The average Bonchev–Trinajstić information content (AvgIpc) is 2.94. The molecule has 0 spiro atoms. The van der Waals surface area contributed by atoms with Crippen LogP contribution in [0.2, 0.25) is 0 Å². The minimum Gasteiger partial charge on any atom is -0.481 e. The fourth-order valence-corrected chi connectivity index (χ4v) is 2.87. The van der Waals surface area contributed by atoms with Gasteiger partial charge in [0.05, 0.1) is 11.8 Å². The first kappa shape index (κ1) is 15.5. The molecule has 2 N–H and O–H groups in total. The Morgan fingerprint density at radius 2 is 1.76 bits per heavy atom. The number of nitrogens with one attached hydrogen (secondary N) is 1. The van der Waals surface area contributed by atoms with E-state index in [4.69, 9.17) is 5.11 Å². The topological polar surface area (TPSA) is 69.6 Å². The molecule has 2 rings (SSSR count). The number of nitrogens with zero attached hydrogens (tertiary/aromatic N) is 1. The van der Waals surface area contributed by atoms with Gasteiger partial charge in [0.1, 0.15) is 0 Å². The van der Waals surface area contributed by atoms with Gasteiger partial charge in [0.25, 0.3) is 0 Å². The molecule has 1 amide bonds. The predicted molar refractivity (Wildman–Crippen MR) is 80.9 cm³/mol. The third kappa shape index (κ3) is 3.24. The molecule has 0 aromatic heterocycles. The van der Waals surface area contributed by atoms with E-state index in [1.165, 1.54) is 0 Å². The summed E-state index contributed by atoms with van der Waals surface area (Å²) in [6.45, 7) is 4.47. The Balaban J connectivity index is 1.99. The van der Waals surface area contributed by atoms with Crippen molar-refractivity contribution in [1.82, 2.24) is 4.90 Å². The molecule has 0 heterocycles. The lowest BCUT2D eigenvalue weighted by molar-refractivity contribution is -0.140. The molecule has 114 valence electrons. The Bertz CT molecular complexity index is 549. The van der Waals surface area contributed by atoms with Crippen molar-refractivity contribution in [2.45, 2.75) is 20.4 Å².